The molecule has 0 bridgehead atoms. The number of rotatable bonds is 4. The molecule has 0 radical (unpaired) electrons. The standard InChI is InChI=1S/C14H19F3N2O/c1-20-13-5-3-2-4-11(13)12(10-14(15,16)17)19-8-6-18-7-9-19/h2-5,12,18H,6-10H2,1H3/t12-/m0/s1. The van der Waals surface area contributed by atoms with Crippen LogP contribution in [-0.2, 0) is 0 Å². The molecular weight excluding hydrogens is 269 g/mol. The van der Waals surface area contributed by atoms with Gasteiger partial charge in [-0.15, -0.1) is 0 Å². The summed E-state index contributed by atoms with van der Waals surface area (Å²) in [5, 5.41) is 3.16. The first-order valence-corrected chi connectivity index (χ1v) is 6.65. The van der Waals surface area contributed by atoms with Crippen molar-refractivity contribution in [2.24, 2.45) is 0 Å². The highest BCUT2D eigenvalue weighted by atomic mass is 19.4. The summed E-state index contributed by atoms with van der Waals surface area (Å²) in [6.45, 7) is 2.64. The molecule has 2 rings (SSSR count). The van der Waals surface area contributed by atoms with E-state index >= 15 is 0 Å². The molecule has 0 unspecified atom stereocenters. The molecule has 1 saturated heterocycles. The Morgan fingerprint density at radius 3 is 2.50 bits per heavy atom. The van der Waals surface area contributed by atoms with Gasteiger partial charge < -0.3 is 10.1 Å². The number of hydrogen-bond acceptors (Lipinski definition) is 3. The maximum Gasteiger partial charge on any atom is 0.390 e. The van der Waals surface area contributed by atoms with Crippen LogP contribution in [-0.4, -0.2) is 44.4 Å². The monoisotopic (exact) mass is 288 g/mol. The molecule has 1 aromatic rings. The number of nitrogens with zero attached hydrogens (tertiary/aromatic N) is 1. The maximum absolute atomic E-state index is 12.9. The summed E-state index contributed by atoms with van der Waals surface area (Å²) in [5.74, 6) is 0.514. The summed E-state index contributed by atoms with van der Waals surface area (Å²) in [5.41, 5.74) is 0.606. The SMILES string of the molecule is COc1ccccc1[C@H](CC(F)(F)F)N1CCNCC1. The molecule has 1 heterocycles. The Morgan fingerprint density at radius 2 is 1.90 bits per heavy atom. The Bertz CT molecular complexity index is 431. The van der Waals surface area contributed by atoms with E-state index in [0.717, 1.165) is 0 Å². The van der Waals surface area contributed by atoms with Crippen LogP contribution in [0.1, 0.15) is 18.0 Å². The van der Waals surface area contributed by atoms with Crippen molar-refractivity contribution >= 4 is 0 Å². The highest BCUT2D eigenvalue weighted by molar-refractivity contribution is 5.36. The number of methoxy groups -OCH3 is 1. The van der Waals surface area contributed by atoms with Crippen molar-refractivity contribution in [1.29, 1.82) is 0 Å². The number of hydrogen-bond donors (Lipinski definition) is 1. The van der Waals surface area contributed by atoms with Crippen LogP contribution in [0.4, 0.5) is 13.2 Å². The van der Waals surface area contributed by atoms with Crippen LogP contribution < -0.4 is 10.1 Å². The van der Waals surface area contributed by atoms with Crippen LogP contribution in [0.15, 0.2) is 24.3 Å². The molecule has 1 aliphatic rings. The normalized spacial score (nSPS) is 18.8. The summed E-state index contributed by atoms with van der Waals surface area (Å²) in [7, 11) is 1.49. The third-order valence-corrected chi connectivity index (χ3v) is 3.52. The number of halogens is 3. The molecule has 1 aliphatic heterocycles. The van der Waals surface area contributed by atoms with Gasteiger partial charge in [-0.05, 0) is 6.07 Å². The Labute approximate surface area is 116 Å². The molecule has 20 heavy (non-hydrogen) atoms. The summed E-state index contributed by atoms with van der Waals surface area (Å²) in [6.07, 6.45) is -5.05. The summed E-state index contributed by atoms with van der Waals surface area (Å²) in [6, 6.07) is 6.26. The Balaban J connectivity index is 2.29. The van der Waals surface area contributed by atoms with Crippen LogP contribution in [0.2, 0.25) is 0 Å². The van der Waals surface area contributed by atoms with E-state index in [1.165, 1.54) is 7.11 Å². The average molecular weight is 288 g/mol. The summed E-state index contributed by atoms with van der Waals surface area (Å²) >= 11 is 0. The molecule has 1 N–H and O–H groups in total. The fourth-order valence-corrected chi connectivity index (χ4v) is 2.59. The number of para-hydroxylation sites is 1. The quantitative estimate of drug-likeness (QED) is 0.921. The van der Waals surface area contributed by atoms with Gasteiger partial charge in [0.25, 0.3) is 0 Å². The van der Waals surface area contributed by atoms with E-state index in [9.17, 15) is 13.2 Å². The Morgan fingerprint density at radius 1 is 1.25 bits per heavy atom. The van der Waals surface area contributed by atoms with Crippen molar-refractivity contribution in [1.82, 2.24) is 10.2 Å². The zero-order valence-electron chi connectivity index (χ0n) is 11.4. The molecule has 0 spiro atoms. The number of nitrogens with one attached hydrogen (secondary N) is 1. The first kappa shape index (κ1) is 15.1. The smallest absolute Gasteiger partial charge is 0.390 e. The number of alkyl halides is 3. The third-order valence-electron chi connectivity index (χ3n) is 3.52. The lowest BCUT2D eigenvalue weighted by Gasteiger charge is -2.36. The maximum atomic E-state index is 12.9. The molecule has 3 nitrogen and oxygen atoms in total. The van der Waals surface area contributed by atoms with Crippen molar-refractivity contribution in [3.63, 3.8) is 0 Å². The van der Waals surface area contributed by atoms with Crippen molar-refractivity contribution in [2.75, 3.05) is 33.3 Å². The number of benzene rings is 1. The minimum absolute atomic E-state index is 0.514. The highest BCUT2D eigenvalue weighted by Gasteiger charge is 2.37. The molecule has 0 saturated carbocycles. The van der Waals surface area contributed by atoms with Crippen LogP contribution in [0.3, 0.4) is 0 Å². The third kappa shape index (κ3) is 3.86. The lowest BCUT2D eigenvalue weighted by atomic mass is 9.99. The van der Waals surface area contributed by atoms with Gasteiger partial charge in [0.2, 0.25) is 0 Å². The Kier molecular flexibility index (Phi) is 4.88. The fourth-order valence-electron chi connectivity index (χ4n) is 2.59. The molecule has 112 valence electrons. The zero-order chi connectivity index (χ0) is 14.6. The van der Waals surface area contributed by atoms with Crippen LogP contribution >= 0.6 is 0 Å². The van der Waals surface area contributed by atoms with E-state index < -0.39 is 18.6 Å². The zero-order valence-corrected chi connectivity index (χ0v) is 11.4. The molecule has 0 amide bonds. The minimum Gasteiger partial charge on any atom is -0.496 e. The fraction of sp³-hybridized carbons (Fsp3) is 0.571. The van der Waals surface area contributed by atoms with Gasteiger partial charge in [-0.1, -0.05) is 18.2 Å². The molecule has 1 fully saturated rings. The van der Waals surface area contributed by atoms with Gasteiger partial charge in [-0.3, -0.25) is 4.90 Å². The second-order valence-electron chi connectivity index (χ2n) is 4.86. The molecular formula is C14H19F3N2O. The van der Waals surface area contributed by atoms with Crippen molar-refractivity contribution in [3.05, 3.63) is 29.8 Å². The van der Waals surface area contributed by atoms with E-state index in [-0.39, 0.29) is 0 Å². The summed E-state index contributed by atoms with van der Waals surface area (Å²) in [4.78, 5) is 1.88. The molecule has 6 heteroatoms. The van der Waals surface area contributed by atoms with Gasteiger partial charge in [0.05, 0.1) is 13.5 Å². The van der Waals surface area contributed by atoms with E-state index in [4.69, 9.17) is 4.74 Å². The molecule has 1 atom stereocenters. The minimum atomic E-state index is -4.20. The van der Waals surface area contributed by atoms with Crippen LogP contribution in [0.5, 0.6) is 5.75 Å². The van der Waals surface area contributed by atoms with Crippen molar-refractivity contribution < 1.29 is 17.9 Å². The second kappa shape index (κ2) is 6.45. The van der Waals surface area contributed by atoms with Crippen LogP contribution in [0.25, 0.3) is 0 Å². The highest BCUT2D eigenvalue weighted by Crippen LogP contribution is 2.37. The van der Waals surface area contributed by atoms with E-state index in [0.29, 0.717) is 37.5 Å². The average Bonchev–Trinajstić information content (AvgIpc) is 2.45. The lowest BCUT2D eigenvalue weighted by molar-refractivity contribution is -0.148. The van der Waals surface area contributed by atoms with Gasteiger partial charge in [0.1, 0.15) is 5.75 Å². The van der Waals surface area contributed by atoms with Gasteiger partial charge in [-0.2, -0.15) is 13.2 Å². The van der Waals surface area contributed by atoms with Gasteiger partial charge in [0, 0.05) is 37.8 Å². The molecule has 1 aromatic carbocycles. The van der Waals surface area contributed by atoms with E-state index in [2.05, 4.69) is 5.32 Å². The Hall–Kier alpha value is -1.27. The largest absolute Gasteiger partial charge is 0.496 e. The summed E-state index contributed by atoms with van der Waals surface area (Å²) < 4.78 is 43.9. The number of ether oxygens (including phenoxy) is 1. The van der Waals surface area contributed by atoms with Crippen LogP contribution in [0, 0.1) is 0 Å². The lowest BCUT2D eigenvalue weighted by Crippen LogP contribution is -2.46. The van der Waals surface area contributed by atoms with Crippen molar-refractivity contribution in [3.8, 4) is 5.75 Å². The predicted molar refractivity (Wildman–Crippen MR) is 70.8 cm³/mol. The van der Waals surface area contributed by atoms with E-state index in [1.54, 1.807) is 24.3 Å². The second-order valence-corrected chi connectivity index (χ2v) is 4.86. The van der Waals surface area contributed by atoms with Gasteiger partial charge in [-0.25, -0.2) is 0 Å². The molecule has 0 aromatic heterocycles. The predicted octanol–water partition coefficient (Wildman–Crippen LogP) is 2.59. The van der Waals surface area contributed by atoms with Gasteiger partial charge in [0.15, 0.2) is 0 Å². The van der Waals surface area contributed by atoms with E-state index in [1.807, 2.05) is 4.90 Å². The first-order chi connectivity index (χ1) is 9.51. The topological polar surface area (TPSA) is 24.5 Å². The van der Waals surface area contributed by atoms with Crippen molar-refractivity contribution in [2.45, 2.75) is 18.6 Å². The molecule has 0 aliphatic carbocycles. The van der Waals surface area contributed by atoms with Gasteiger partial charge >= 0.3 is 6.18 Å². The number of piperazine rings is 1. The first-order valence-electron chi connectivity index (χ1n) is 6.65.